The SMILES string of the molecule is Cc1ccc(N=C/C=C/c2ccccc2)cc1Cl. The van der Waals surface area contributed by atoms with Gasteiger partial charge < -0.3 is 0 Å². The molecule has 2 heteroatoms. The van der Waals surface area contributed by atoms with Crippen LogP contribution in [0.5, 0.6) is 0 Å². The molecule has 0 saturated carbocycles. The summed E-state index contributed by atoms with van der Waals surface area (Å²) in [6, 6.07) is 15.9. The molecule has 0 bridgehead atoms. The molecule has 0 aromatic heterocycles. The van der Waals surface area contributed by atoms with Crippen LogP contribution < -0.4 is 0 Å². The van der Waals surface area contributed by atoms with Gasteiger partial charge in [0.05, 0.1) is 5.69 Å². The smallest absolute Gasteiger partial charge is 0.0644 e. The summed E-state index contributed by atoms with van der Waals surface area (Å²) in [7, 11) is 0. The normalized spacial score (nSPS) is 11.4. The van der Waals surface area contributed by atoms with Crippen LogP contribution >= 0.6 is 11.6 Å². The lowest BCUT2D eigenvalue weighted by molar-refractivity contribution is 1.44. The summed E-state index contributed by atoms with van der Waals surface area (Å²) >= 11 is 6.03. The number of benzene rings is 2. The molecule has 0 aliphatic carbocycles. The Hall–Kier alpha value is -1.86. The molecular formula is C16H14ClN. The van der Waals surface area contributed by atoms with Gasteiger partial charge in [-0.25, -0.2) is 0 Å². The number of aryl methyl sites for hydroxylation is 1. The van der Waals surface area contributed by atoms with Gasteiger partial charge in [0.25, 0.3) is 0 Å². The maximum Gasteiger partial charge on any atom is 0.0644 e. The fraction of sp³-hybridized carbons (Fsp3) is 0.0625. The van der Waals surface area contributed by atoms with Crippen LogP contribution in [0.15, 0.2) is 59.6 Å². The zero-order valence-corrected chi connectivity index (χ0v) is 10.9. The number of hydrogen-bond donors (Lipinski definition) is 0. The van der Waals surface area contributed by atoms with Crippen molar-refractivity contribution < 1.29 is 0 Å². The van der Waals surface area contributed by atoms with E-state index in [9.17, 15) is 0 Å². The van der Waals surface area contributed by atoms with Crippen LogP contribution in [0.2, 0.25) is 5.02 Å². The molecule has 0 aliphatic rings. The molecule has 0 saturated heterocycles. The van der Waals surface area contributed by atoms with Crippen LogP contribution in [0.25, 0.3) is 6.08 Å². The molecule has 0 amide bonds. The van der Waals surface area contributed by atoms with E-state index in [4.69, 9.17) is 11.6 Å². The number of allylic oxidation sites excluding steroid dienone is 1. The van der Waals surface area contributed by atoms with Crippen LogP contribution in [0.1, 0.15) is 11.1 Å². The Labute approximate surface area is 112 Å². The molecule has 90 valence electrons. The molecule has 0 heterocycles. The van der Waals surface area contributed by atoms with Gasteiger partial charge in [-0.15, -0.1) is 0 Å². The van der Waals surface area contributed by atoms with Crippen molar-refractivity contribution in [3.8, 4) is 0 Å². The van der Waals surface area contributed by atoms with Gasteiger partial charge in [0.15, 0.2) is 0 Å². The zero-order valence-electron chi connectivity index (χ0n) is 10.2. The highest BCUT2D eigenvalue weighted by Crippen LogP contribution is 2.21. The summed E-state index contributed by atoms with van der Waals surface area (Å²) in [5.74, 6) is 0. The Morgan fingerprint density at radius 1 is 1.06 bits per heavy atom. The maximum atomic E-state index is 6.03. The van der Waals surface area contributed by atoms with E-state index in [2.05, 4.69) is 4.99 Å². The molecule has 2 aromatic rings. The average molecular weight is 256 g/mol. The molecule has 2 aromatic carbocycles. The minimum absolute atomic E-state index is 0.747. The molecule has 0 fully saturated rings. The van der Waals surface area contributed by atoms with Crippen molar-refractivity contribution in [1.82, 2.24) is 0 Å². The number of halogens is 1. The fourth-order valence-electron chi connectivity index (χ4n) is 1.51. The van der Waals surface area contributed by atoms with E-state index in [0.717, 1.165) is 21.8 Å². The molecule has 0 spiro atoms. The van der Waals surface area contributed by atoms with E-state index >= 15 is 0 Å². The van der Waals surface area contributed by atoms with Crippen molar-refractivity contribution in [2.75, 3.05) is 0 Å². The summed E-state index contributed by atoms with van der Waals surface area (Å²) < 4.78 is 0. The molecule has 0 unspecified atom stereocenters. The van der Waals surface area contributed by atoms with E-state index < -0.39 is 0 Å². The van der Waals surface area contributed by atoms with E-state index in [1.807, 2.05) is 67.6 Å². The van der Waals surface area contributed by atoms with Gasteiger partial charge in [-0.05, 0) is 36.3 Å². The van der Waals surface area contributed by atoms with Crippen molar-refractivity contribution in [2.45, 2.75) is 6.92 Å². The summed E-state index contributed by atoms with van der Waals surface area (Å²) in [4.78, 5) is 4.33. The second-order valence-corrected chi connectivity index (χ2v) is 4.39. The molecule has 0 radical (unpaired) electrons. The molecule has 2 rings (SSSR count). The first-order valence-corrected chi connectivity index (χ1v) is 6.15. The monoisotopic (exact) mass is 255 g/mol. The van der Waals surface area contributed by atoms with Crippen LogP contribution in [-0.2, 0) is 0 Å². The van der Waals surface area contributed by atoms with Crippen molar-refractivity contribution in [2.24, 2.45) is 4.99 Å². The van der Waals surface area contributed by atoms with E-state index in [-0.39, 0.29) is 0 Å². The summed E-state index contributed by atoms with van der Waals surface area (Å²) in [5.41, 5.74) is 3.09. The van der Waals surface area contributed by atoms with E-state index in [1.165, 1.54) is 0 Å². The second kappa shape index (κ2) is 6.18. The van der Waals surface area contributed by atoms with Crippen molar-refractivity contribution in [3.63, 3.8) is 0 Å². The van der Waals surface area contributed by atoms with Gasteiger partial charge in [0.2, 0.25) is 0 Å². The topological polar surface area (TPSA) is 12.4 Å². The Morgan fingerprint density at radius 2 is 1.83 bits per heavy atom. The second-order valence-electron chi connectivity index (χ2n) is 3.98. The Bertz CT molecular complexity index is 571. The number of aliphatic imine (C=N–C) groups is 1. The van der Waals surface area contributed by atoms with Crippen LogP contribution in [0.3, 0.4) is 0 Å². The zero-order chi connectivity index (χ0) is 12.8. The maximum absolute atomic E-state index is 6.03. The number of nitrogens with zero attached hydrogens (tertiary/aromatic N) is 1. The van der Waals surface area contributed by atoms with Gasteiger partial charge in [-0.2, -0.15) is 0 Å². The minimum Gasteiger partial charge on any atom is -0.257 e. The van der Waals surface area contributed by atoms with Gasteiger partial charge in [-0.1, -0.05) is 54.1 Å². The van der Waals surface area contributed by atoms with Gasteiger partial charge in [0, 0.05) is 11.2 Å². The Kier molecular flexibility index (Phi) is 4.32. The number of rotatable bonds is 3. The van der Waals surface area contributed by atoms with Crippen molar-refractivity contribution >= 4 is 29.6 Å². The van der Waals surface area contributed by atoms with Gasteiger partial charge >= 0.3 is 0 Å². The predicted molar refractivity (Wildman–Crippen MR) is 79.8 cm³/mol. The molecule has 1 nitrogen and oxygen atoms in total. The van der Waals surface area contributed by atoms with Crippen LogP contribution in [0.4, 0.5) is 5.69 Å². The first-order chi connectivity index (χ1) is 8.75. The van der Waals surface area contributed by atoms with E-state index in [0.29, 0.717) is 0 Å². The highest BCUT2D eigenvalue weighted by molar-refractivity contribution is 6.31. The highest BCUT2D eigenvalue weighted by Gasteiger charge is 1.94. The third-order valence-electron chi connectivity index (χ3n) is 2.55. The Morgan fingerprint density at radius 3 is 2.56 bits per heavy atom. The largest absolute Gasteiger partial charge is 0.257 e. The van der Waals surface area contributed by atoms with Gasteiger partial charge in [0.1, 0.15) is 0 Å². The fourth-order valence-corrected chi connectivity index (χ4v) is 1.68. The third kappa shape index (κ3) is 3.57. The first kappa shape index (κ1) is 12.6. The van der Waals surface area contributed by atoms with Crippen molar-refractivity contribution in [3.05, 3.63) is 70.8 Å². The molecule has 0 aliphatic heterocycles. The molecule has 0 atom stereocenters. The highest BCUT2D eigenvalue weighted by atomic mass is 35.5. The molecule has 0 N–H and O–H groups in total. The summed E-state index contributed by atoms with van der Waals surface area (Å²) in [6.45, 7) is 1.98. The third-order valence-corrected chi connectivity index (χ3v) is 2.96. The lowest BCUT2D eigenvalue weighted by atomic mass is 10.2. The standard InChI is InChI=1S/C16H14ClN/c1-13-9-10-15(12-16(13)17)18-11-5-8-14-6-3-2-4-7-14/h2-12H,1H3/b8-5+,18-11?. The van der Waals surface area contributed by atoms with Crippen molar-refractivity contribution in [1.29, 1.82) is 0 Å². The van der Waals surface area contributed by atoms with Gasteiger partial charge in [-0.3, -0.25) is 4.99 Å². The molecular weight excluding hydrogens is 242 g/mol. The van der Waals surface area contributed by atoms with Crippen LogP contribution in [-0.4, -0.2) is 6.21 Å². The minimum atomic E-state index is 0.747. The summed E-state index contributed by atoms with van der Waals surface area (Å²) in [6.07, 6.45) is 5.70. The number of hydrogen-bond acceptors (Lipinski definition) is 1. The lowest BCUT2D eigenvalue weighted by Crippen LogP contribution is -1.74. The predicted octanol–water partition coefficient (Wildman–Crippen LogP) is 5.06. The van der Waals surface area contributed by atoms with E-state index in [1.54, 1.807) is 6.21 Å². The molecule has 18 heavy (non-hydrogen) atoms. The quantitative estimate of drug-likeness (QED) is 0.680. The average Bonchev–Trinajstić information content (AvgIpc) is 2.40. The Balaban J connectivity index is 2.03. The summed E-state index contributed by atoms with van der Waals surface area (Å²) in [5, 5.41) is 0.747. The first-order valence-electron chi connectivity index (χ1n) is 5.77. The van der Waals surface area contributed by atoms with Crippen LogP contribution in [0, 0.1) is 6.92 Å². The lowest BCUT2D eigenvalue weighted by Gasteiger charge is -1.97.